The quantitative estimate of drug-likeness (QED) is 0.629. The fourth-order valence-corrected chi connectivity index (χ4v) is 3.19. The van der Waals surface area contributed by atoms with Gasteiger partial charge in [0.05, 0.1) is 18.0 Å². The first-order valence-electron chi connectivity index (χ1n) is 7.52. The Bertz CT molecular complexity index is 775. The summed E-state index contributed by atoms with van der Waals surface area (Å²) in [5, 5.41) is 8.64. The van der Waals surface area contributed by atoms with Gasteiger partial charge in [-0.3, -0.25) is 9.69 Å². The topological polar surface area (TPSA) is 45.0 Å². The van der Waals surface area contributed by atoms with Gasteiger partial charge in [0, 0.05) is 0 Å². The average Bonchev–Trinajstić information content (AvgIpc) is 2.86. The van der Waals surface area contributed by atoms with Crippen LogP contribution < -0.4 is 0 Å². The van der Waals surface area contributed by atoms with Crippen LogP contribution in [0.3, 0.4) is 0 Å². The third kappa shape index (κ3) is 3.89. The molecule has 122 valence electrons. The first-order valence-corrected chi connectivity index (χ1v) is 8.40. The van der Waals surface area contributed by atoms with E-state index in [0.717, 1.165) is 11.1 Å². The molecule has 0 saturated carbocycles. The summed E-state index contributed by atoms with van der Waals surface area (Å²) in [6, 6.07) is 15.7. The Morgan fingerprint density at radius 2 is 1.88 bits per heavy atom. The van der Waals surface area contributed by atoms with Crippen molar-refractivity contribution in [3.05, 3.63) is 71.5 Å². The van der Waals surface area contributed by atoms with E-state index in [0.29, 0.717) is 11.7 Å². The molecule has 1 fully saturated rings. The van der Waals surface area contributed by atoms with Crippen LogP contribution in [0, 0.1) is 5.82 Å². The molecule has 1 amide bonds. The van der Waals surface area contributed by atoms with Crippen molar-refractivity contribution in [3.8, 4) is 0 Å². The summed E-state index contributed by atoms with van der Waals surface area (Å²) < 4.78 is 13.0. The number of hydrogen-bond acceptors (Lipinski definition) is 4. The van der Waals surface area contributed by atoms with E-state index < -0.39 is 0 Å². The molecule has 4 nitrogen and oxygen atoms in total. The molecule has 6 heteroatoms. The molecule has 1 aliphatic heterocycles. The average molecular weight is 341 g/mol. The molecule has 24 heavy (non-hydrogen) atoms. The fourth-order valence-electron chi connectivity index (χ4n) is 2.27. The Labute approximate surface area is 144 Å². The minimum atomic E-state index is -0.296. The molecule has 0 bridgehead atoms. The van der Waals surface area contributed by atoms with Gasteiger partial charge < -0.3 is 0 Å². The maximum absolute atomic E-state index is 13.0. The molecule has 0 unspecified atom stereocenters. The number of carbonyl (C=O) groups excluding carboxylic acids is 1. The van der Waals surface area contributed by atoms with E-state index in [9.17, 15) is 9.18 Å². The smallest absolute Gasteiger partial charge is 0.242 e. The lowest BCUT2D eigenvalue weighted by Crippen LogP contribution is -2.30. The summed E-state index contributed by atoms with van der Waals surface area (Å²) in [5.41, 5.74) is 1.79. The molecule has 0 spiro atoms. The van der Waals surface area contributed by atoms with Crippen LogP contribution in [0.5, 0.6) is 0 Å². The molecule has 0 N–H and O–H groups in total. The minimum Gasteiger partial charge on any atom is -0.284 e. The van der Waals surface area contributed by atoms with E-state index >= 15 is 0 Å². The zero-order valence-electron chi connectivity index (χ0n) is 13.1. The second kappa shape index (κ2) is 7.40. The molecular formula is C18H16FN3OS. The van der Waals surface area contributed by atoms with Gasteiger partial charge in [0.15, 0.2) is 5.17 Å². The number of amides is 1. The summed E-state index contributed by atoms with van der Waals surface area (Å²) >= 11 is 1.38. The van der Waals surface area contributed by atoms with Crippen LogP contribution in [-0.2, 0) is 11.3 Å². The predicted octanol–water partition coefficient (Wildman–Crippen LogP) is 3.68. The van der Waals surface area contributed by atoms with Crippen molar-refractivity contribution < 1.29 is 9.18 Å². The molecule has 1 heterocycles. The van der Waals surface area contributed by atoms with Crippen molar-refractivity contribution in [2.75, 3.05) is 0 Å². The van der Waals surface area contributed by atoms with Gasteiger partial charge in [-0.2, -0.15) is 5.10 Å². The molecule has 3 rings (SSSR count). The largest absolute Gasteiger partial charge is 0.284 e. The summed E-state index contributed by atoms with van der Waals surface area (Å²) in [7, 11) is 0. The van der Waals surface area contributed by atoms with Crippen molar-refractivity contribution in [1.82, 2.24) is 4.90 Å². The highest BCUT2D eigenvalue weighted by Crippen LogP contribution is 2.28. The highest BCUT2D eigenvalue weighted by molar-refractivity contribution is 8.15. The lowest BCUT2D eigenvalue weighted by atomic mass is 10.2. The van der Waals surface area contributed by atoms with E-state index in [2.05, 4.69) is 10.2 Å². The normalized spacial score (nSPS) is 19.6. The molecule has 1 atom stereocenters. The summed E-state index contributed by atoms with van der Waals surface area (Å²) in [5.74, 6) is -0.312. The number of thioether (sulfide) groups is 1. The molecular weight excluding hydrogens is 325 g/mol. The van der Waals surface area contributed by atoms with E-state index in [-0.39, 0.29) is 17.0 Å². The van der Waals surface area contributed by atoms with Gasteiger partial charge in [0.1, 0.15) is 5.82 Å². The maximum Gasteiger partial charge on any atom is 0.242 e. The third-order valence-electron chi connectivity index (χ3n) is 3.53. The Kier molecular flexibility index (Phi) is 5.05. The lowest BCUT2D eigenvalue weighted by Gasteiger charge is -2.15. The Hall–Kier alpha value is -2.47. The van der Waals surface area contributed by atoms with Crippen LogP contribution in [-0.4, -0.2) is 27.4 Å². The van der Waals surface area contributed by atoms with Gasteiger partial charge in [-0.15, -0.1) is 5.10 Å². The fraction of sp³-hybridized carbons (Fsp3) is 0.167. The SMILES string of the molecule is C[C@H]1S/C(=N\N=C/c2ccccc2)N(Cc2ccc(F)cc2)C1=O. The Balaban J connectivity index is 1.77. The van der Waals surface area contributed by atoms with Crippen molar-refractivity contribution in [2.24, 2.45) is 10.2 Å². The summed E-state index contributed by atoms with van der Waals surface area (Å²) in [4.78, 5) is 13.9. The van der Waals surface area contributed by atoms with Crippen LogP contribution >= 0.6 is 11.8 Å². The number of amidine groups is 1. The predicted molar refractivity (Wildman–Crippen MR) is 95.5 cm³/mol. The van der Waals surface area contributed by atoms with Gasteiger partial charge in [-0.25, -0.2) is 4.39 Å². The highest BCUT2D eigenvalue weighted by atomic mass is 32.2. The number of hydrogen-bond donors (Lipinski definition) is 0. The van der Waals surface area contributed by atoms with E-state index in [1.54, 1.807) is 23.2 Å². The molecule has 0 aromatic heterocycles. The summed E-state index contributed by atoms with van der Waals surface area (Å²) in [6.07, 6.45) is 1.65. The molecule has 0 aliphatic carbocycles. The van der Waals surface area contributed by atoms with Gasteiger partial charge >= 0.3 is 0 Å². The van der Waals surface area contributed by atoms with Crippen LogP contribution in [0.2, 0.25) is 0 Å². The lowest BCUT2D eigenvalue weighted by molar-refractivity contribution is -0.126. The minimum absolute atomic E-state index is 0.0158. The van der Waals surface area contributed by atoms with Gasteiger partial charge in [-0.05, 0) is 30.2 Å². The van der Waals surface area contributed by atoms with E-state index in [4.69, 9.17) is 0 Å². The van der Waals surface area contributed by atoms with E-state index in [1.165, 1.54) is 23.9 Å². The first kappa shape index (κ1) is 16.4. The van der Waals surface area contributed by atoms with E-state index in [1.807, 2.05) is 37.3 Å². The zero-order chi connectivity index (χ0) is 16.9. The monoisotopic (exact) mass is 341 g/mol. The number of carbonyl (C=O) groups is 1. The second-order valence-electron chi connectivity index (χ2n) is 5.35. The van der Waals surface area contributed by atoms with Crippen molar-refractivity contribution >= 4 is 29.1 Å². The van der Waals surface area contributed by atoms with Crippen LogP contribution in [0.15, 0.2) is 64.8 Å². The van der Waals surface area contributed by atoms with Gasteiger partial charge in [0.2, 0.25) is 5.91 Å². The maximum atomic E-state index is 13.0. The first-order chi connectivity index (χ1) is 11.6. The van der Waals surface area contributed by atoms with Gasteiger partial charge in [-0.1, -0.05) is 54.2 Å². The Morgan fingerprint density at radius 3 is 2.58 bits per heavy atom. The van der Waals surface area contributed by atoms with Gasteiger partial charge in [0.25, 0.3) is 0 Å². The number of nitrogens with zero attached hydrogens (tertiary/aromatic N) is 3. The third-order valence-corrected chi connectivity index (χ3v) is 4.60. The van der Waals surface area contributed by atoms with Crippen molar-refractivity contribution in [3.63, 3.8) is 0 Å². The summed E-state index contributed by atoms with van der Waals surface area (Å²) in [6.45, 7) is 2.20. The standard InChI is InChI=1S/C18H16FN3OS/c1-13-17(23)22(12-15-7-9-16(19)10-8-15)18(24-13)21-20-11-14-5-3-2-4-6-14/h2-11,13H,12H2,1H3/b20-11-,21-18-/t13-/m1/s1. The van der Waals surface area contributed by atoms with Crippen LogP contribution in [0.1, 0.15) is 18.1 Å². The van der Waals surface area contributed by atoms with Crippen molar-refractivity contribution in [2.45, 2.75) is 18.7 Å². The zero-order valence-corrected chi connectivity index (χ0v) is 13.9. The Morgan fingerprint density at radius 1 is 1.17 bits per heavy atom. The second-order valence-corrected chi connectivity index (χ2v) is 6.66. The number of benzene rings is 2. The molecule has 1 aliphatic rings. The highest BCUT2D eigenvalue weighted by Gasteiger charge is 2.35. The molecule has 2 aromatic rings. The van der Waals surface area contributed by atoms with Crippen molar-refractivity contribution in [1.29, 1.82) is 0 Å². The number of rotatable bonds is 4. The van der Waals surface area contributed by atoms with Crippen LogP contribution in [0.25, 0.3) is 0 Å². The molecule has 0 radical (unpaired) electrons. The van der Waals surface area contributed by atoms with Crippen LogP contribution in [0.4, 0.5) is 4.39 Å². The number of halogens is 1. The molecule has 2 aromatic carbocycles. The molecule has 1 saturated heterocycles.